The van der Waals surface area contributed by atoms with E-state index in [0.29, 0.717) is 28.3 Å². The van der Waals surface area contributed by atoms with Crippen LogP contribution in [0.1, 0.15) is 52.4 Å². The van der Waals surface area contributed by atoms with Crippen LogP contribution in [0.4, 0.5) is 5.69 Å². The quantitative estimate of drug-likeness (QED) is 0.422. The van der Waals surface area contributed by atoms with E-state index in [1.807, 2.05) is 61.5 Å². The highest BCUT2D eigenvalue weighted by Crippen LogP contribution is 2.33. The highest BCUT2D eigenvalue weighted by atomic mass is 16.2. The molecule has 0 bridgehead atoms. The summed E-state index contributed by atoms with van der Waals surface area (Å²) in [5, 5.41) is 0. The van der Waals surface area contributed by atoms with E-state index in [1.165, 1.54) is 10.5 Å². The Balaban J connectivity index is 1.85. The lowest BCUT2D eigenvalue weighted by atomic mass is 9.91. The van der Waals surface area contributed by atoms with Gasteiger partial charge in [0.15, 0.2) is 0 Å². The van der Waals surface area contributed by atoms with Crippen LogP contribution in [0.2, 0.25) is 0 Å². The third-order valence-electron chi connectivity index (χ3n) is 5.26. The Labute approximate surface area is 171 Å². The monoisotopic (exact) mass is 381 g/mol. The van der Waals surface area contributed by atoms with Gasteiger partial charge in [-0.25, -0.2) is 4.90 Å². The number of hydrogen-bond donors (Lipinski definition) is 0. The minimum Gasteiger partial charge on any atom is -0.268 e. The van der Waals surface area contributed by atoms with Gasteiger partial charge in [0, 0.05) is 11.1 Å². The first-order chi connectivity index (χ1) is 14.0. The lowest BCUT2D eigenvalue weighted by molar-refractivity contribution is -0.112. The number of amides is 2. The summed E-state index contributed by atoms with van der Waals surface area (Å²) in [6, 6.07) is 23.0. The Morgan fingerprint density at radius 2 is 1.48 bits per heavy atom. The number of fused-ring (bicyclic) bond motifs is 1. The molecule has 0 unspecified atom stereocenters. The summed E-state index contributed by atoms with van der Waals surface area (Å²) in [7, 11) is 0. The van der Waals surface area contributed by atoms with Gasteiger partial charge in [0.1, 0.15) is 0 Å². The first-order valence-corrected chi connectivity index (χ1v) is 9.82. The number of imide groups is 1. The molecule has 0 N–H and O–H groups in total. The summed E-state index contributed by atoms with van der Waals surface area (Å²) >= 11 is 0. The maximum atomic E-state index is 13.4. The van der Waals surface area contributed by atoms with Crippen LogP contribution in [0.15, 0.2) is 72.8 Å². The van der Waals surface area contributed by atoms with Crippen molar-refractivity contribution in [3.8, 4) is 0 Å². The average Bonchev–Trinajstić information content (AvgIpc) is 2.72. The van der Waals surface area contributed by atoms with Crippen molar-refractivity contribution in [2.24, 2.45) is 0 Å². The lowest BCUT2D eigenvalue weighted by Crippen LogP contribution is -2.41. The summed E-state index contributed by atoms with van der Waals surface area (Å²) in [4.78, 5) is 27.8. The Kier molecular flexibility index (Phi) is 4.89. The van der Waals surface area contributed by atoms with E-state index in [4.69, 9.17) is 0 Å². The number of hydrogen-bond acceptors (Lipinski definition) is 2. The highest BCUT2D eigenvalue weighted by molar-refractivity contribution is 6.43. The molecule has 0 fully saturated rings. The van der Waals surface area contributed by atoms with Crippen LogP contribution in [-0.4, -0.2) is 11.8 Å². The molecule has 4 rings (SSSR count). The lowest BCUT2D eigenvalue weighted by Gasteiger charge is -2.29. The third-order valence-corrected chi connectivity index (χ3v) is 5.26. The van der Waals surface area contributed by atoms with Gasteiger partial charge < -0.3 is 0 Å². The number of benzene rings is 3. The minimum atomic E-state index is -0.299. The largest absolute Gasteiger partial charge is 0.268 e. The third kappa shape index (κ3) is 3.52. The van der Waals surface area contributed by atoms with Crippen LogP contribution in [0.5, 0.6) is 0 Å². The molecule has 144 valence electrons. The van der Waals surface area contributed by atoms with Crippen LogP contribution in [0, 0.1) is 6.92 Å². The molecule has 1 aliphatic heterocycles. The molecule has 3 nitrogen and oxygen atoms in total. The number of carbonyl (C=O) groups is 2. The van der Waals surface area contributed by atoms with Gasteiger partial charge in [0.25, 0.3) is 11.8 Å². The fraction of sp³-hybridized carbons (Fsp3) is 0.154. The summed E-state index contributed by atoms with van der Waals surface area (Å²) in [6.07, 6.45) is 1.88. The maximum Gasteiger partial charge on any atom is 0.265 e. The highest BCUT2D eigenvalue weighted by Gasteiger charge is 2.35. The van der Waals surface area contributed by atoms with Gasteiger partial charge in [-0.3, -0.25) is 9.59 Å². The van der Waals surface area contributed by atoms with E-state index in [1.54, 1.807) is 12.1 Å². The molecule has 0 aromatic heterocycles. The van der Waals surface area contributed by atoms with Gasteiger partial charge >= 0.3 is 0 Å². The standard InChI is InChI=1S/C26H23NO2/c1-17(2)20-13-11-19(12-14-20)16-24-22-9-4-5-10-23(22)25(28)27(26(24)29)21-8-6-7-18(3)15-21/h4-17H,1-3H3. The summed E-state index contributed by atoms with van der Waals surface area (Å²) in [6.45, 7) is 6.25. The number of rotatable bonds is 3. The molecule has 0 aliphatic carbocycles. The minimum absolute atomic E-state index is 0.288. The molecule has 3 heteroatoms. The zero-order chi connectivity index (χ0) is 20.5. The van der Waals surface area contributed by atoms with Crippen LogP contribution >= 0.6 is 0 Å². The first-order valence-electron chi connectivity index (χ1n) is 9.82. The topological polar surface area (TPSA) is 37.4 Å². The molecule has 0 radical (unpaired) electrons. The molecule has 0 saturated heterocycles. The van der Waals surface area contributed by atoms with Crippen molar-refractivity contribution in [3.05, 3.63) is 101 Å². The number of carbonyl (C=O) groups excluding carboxylic acids is 2. The molecule has 0 spiro atoms. The normalized spacial score (nSPS) is 15.2. The molecule has 29 heavy (non-hydrogen) atoms. The number of anilines is 1. The van der Waals surface area contributed by atoms with E-state index in [-0.39, 0.29) is 11.8 Å². The van der Waals surface area contributed by atoms with Crippen LogP contribution in [0.3, 0.4) is 0 Å². The van der Waals surface area contributed by atoms with Gasteiger partial charge in [-0.1, -0.05) is 68.4 Å². The summed E-state index contributed by atoms with van der Waals surface area (Å²) < 4.78 is 0. The molecule has 1 heterocycles. The van der Waals surface area contributed by atoms with E-state index >= 15 is 0 Å². The molecule has 0 atom stereocenters. The maximum absolute atomic E-state index is 13.4. The molecule has 2 amide bonds. The van der Waals surface area contributed by atoms with Crippen LogP contribution < -0.4 is 4.90 Å². The van der Waals surface area contributed by atoms with Crippen molar-refractivity contribution >= 4 is 29.2 Å². The van der Waals surface area contributed by atoms with E-state index in [9.17, 15) is 9.59 Å². The Morgan fingerprint density at radius 1 is 0.793 bits per heavy atom. The fourth-order valence-electron chi connectivity index (χ4n) is 3.64. The average molecular weight is 381 g/mol. The number of nitrogens with zero attached hydrogens (tertiary/aromatic N) is 1. The van der Waals surface area contributed by atoms with Crippen molar-refractivity contribution in [2.75, 3.05) is 4.90 Å². The van der Waals surface area contributed by atoms with Gasteiger partial charge in [-0.05, 0) is 59.4 Å². The Hall–Kier alpha value is -3.46. The zero-order valence-corrected chi connectivity index (χ0v) is 16.8. The predicted octanol–water partition coefficient (Wildman–Crippen LogP) is 5.85. The van der Waals surface area contributed by atoms with Crippen molar-refractivity contribution in [1.29, 1.82) is 0 Å². The van der Waals surface area contributed by atoms with Crippen molar-refractivity contribution in [2.45, 2.75) is 26.7 Å². The van der Waals surface area contributed by atoms with E-state index in [2.05, 4.69) is 26.0 Å². The molecule has 3 aromatic rings. The Bertz CT molecular complexity index is 1120. The van der Waals surface area contributed by atoms with Crippen molar-refractivity contribution < 1.29 is 9.59 Å². The van der Waals surface area contributed by atoms with E-state index < -0.39 is 0 Å². The molecule has 3 aromatic carbocycles. The second kappa shape index (κ2) is 7.51. The summed E-state index contributed by atoms with van der Waals surface area (Å²) in [5.41, 5.74) is 5.52. The van der Waals surface area contributed by atoms with Gasteiger partial charge in [-0.15, -0.1) is 0 Å². The summed E-state index contributed by atoms with van der Waals surface area (Å²) in [5.74, 6) is -0.140. The number of aryl methyl sites for hydroxylation is 1. The van der Waals surface area contributed by atoms with E-state index in [0.717, 1.165) is 11.1 Å². The smallest absolute Gasteiger partial charge is 0.265 e. The van der Waals surface area contributed by atoms with Crippen LogP contribution in [0.25, 0.3) is 11.6 Å². The van der Waals surface area contributed by atoms with Crippen molar-refractivity contribution in [1.82, 2.24) is 0 Å². The van der Waals surface area contributed by atoms with Crippen LogP contribution in [-0.2, 0) is 4.79 Å². The molecular formula is C26H23NO2. The first kappa shape index (κ1) is 18.9. The van der Waals surface area contributed by atoms with Crippen molar-refractivity contribution in [3.63, 3.8) is 0 Å². The fourth-order valence-corrected chi connectivity index (χ4v) is 3.64. The van der Waals surface area contributed by atoms with Gasteiger partial charge in [0.2, 0.25) is 0 Å². The van der Waals surface area contributed by atoms with Gasteiger partial charge in [0.05, 0.1) is 5.69 Å². The molecular weight excluding hydrogens is 358 g/mol. The second-order valence-corrected chi connectivity index (χ2v) is 7.71. The van der Waals surface area contributed by atoms with Gasteiger partial charge in [-0.2, -0.15) is 0 Å². The Morgan fingerprint density at radius 3 is 2.14 bits per heavy atom. The second-order valence-electron chi connectivity index (χ2n) is 7.71. The molecule has 1 aliphatic rings. The molecule has 0 saturated carbocycles. The SMILES string of the molecule is Cc1cccc(N2C(=O)C(=Cc3ccc(C(C)C)cc3)c3ccccc3C2=O)c1. The predicted molar refractivity (Wildman–Crippen MR) is 118 cm³/mol. The zero-order valence-electron chi connectivity index (χ0n) is 16.8.